The van der Waals surface area contributed by atoms with Crippen LogP contribution in [0.4, 0.5) is 0 Å². The number of hydrogen-bond acceptors (Lipinski definition) is 3. The highest BCUT2D eigenvalue weighted by Gasteiger charge is 2.12. The van der Waals surface area contributed by atoms with E-state index in [4.69, 9.17) is 10.2 Å². The fraction of sp³-hybridized carbons (Fsp3) is 0. The molecule has 0 aliphatic heterocycles. The maximum atomic E-state index is 11.1. The highest BCUT2D eigenvalue weighted by molar-refractivity contribution is 5.86. The average Bonchev–Trinajstić information content (AvgIpc) is 2.61. The molecule has 0 fully saturated rings. The van der Waals surface area contributed by atoms with Crippen LogP contribution >= 0.6 is 0 Å². The molecule has 2 rings (SSSR count). The summed E-state index contributed by atoms with van der Waals surface area (Å²) in [6.45, 7) is 0. The number of nitrogens with one attached hydrogen (secondary N) is 1. The zero-order chi connectivity index (χ0) is 11.7. The molecule has 0 bridgehead atoms. The van der Waals surface area contributed by atoms with Gasteiger partial charge in [-0.25, -0.2) is 9.48 Å². The summed E-state index contributed by atoms with van der Waals surface area (Å²) in [5.74, 6) is -1.14. The Bertz CT molecular complexity index is 580. The lowest BCUT2D eigenvalue weighted by Crippen LogP contribution is -2.08. The third-order valence-electron chi connectivity index (χ3n) is 2.06. The molecule has 1 aromatic heterocycles. The highest BCUT2D eigenvalue weighted by atomic mass is 16.4. The molecule has 0 saturated carbocycles. The maximum absolute atomic E-state index is 11.1. The van der Waals surface area contributed by atoms with Crippen LogP contribution in [0.1, 0.15) is 10.5 Å². The summed E-state index contributed by atoms with van der Waals surface area (Å²) in [6.07, 6.45) is 0. The van der Waals surface area contributed by atoms with Gasteiger partial charge in [-0.2, -0.15) is 0 Å². The van der Waals surface area contributed by atoms with E-state index in [1.54, 1.807) is 0 Å². The number of aromatic hydroxyl groups is 1. The first-order valence-electron chi connectivity index (χ1n) is 4.42. The Morgan fingerprint density at radius 2 is 1.88 bits per heavy atom. The normalized spacial score (nSPS) is 10.2. The standard InChI is InChI=1S/C10H8N2O4/c13-7-3-1-6(2-4-7)12-8(10(15)16)5-9(14)11-12/h1-5,13H,(H,11,14)(H,15,16). The number of nitrogens with zero attached hydrogens (tertiary/aromatic N) is 1. The minimum Gasteiger partial charge on any atom is -0.508 e. The molecule has 0 aliphatic carbocycles. The summed E-state index contributed by atoms with van der Waals surface area (Å²) in [6, 6.07) is 6.79. The second-order valence-electron chi connectivity index (χ2n) is 3.16. The molecular formula is C10H8N2O4. The van der Waals surface area contributed by atoms with Gasteiger partial charge in [0.25, 0.3) is 5.56 Å². The summed E-state index contributed by atoms with van der Waals surface area (Å²) >= 11 is 0. The van der Waals surface area contributed by atoms with Crippen LogP contribution in [-0.4, -0.2) is 26.0 Å². The van der Waals surface area contributed by atoms with Crippen molar-refractivity contribution in [1.29, 1.82) is 0 Å². The van der Waals surface area contributed by atoms with Crippen LogP contribution in [-0.2, 0) is 0 Å². The fourth-order valence-corrected chi connectivity index (χ4v) is 1.35. The monoisotopic (exact) mass is 220 g/mol. The SMILES string of the molecule is O=C(O)c1cc(=O)[nH]n1-c1ccc(O)cc1. The fourth-order valence-electron chi connectivity index (χ4n) is 1.35. The number of carboxylic acid groups (broad SMARTS) is 1. The van der Waals surface area contributed by atoms with Crippen molar-refractivity contribution in [3.05, 3.63) is 46.4 Å². The van der Waals surface area contributed by atoms with Gasteiger partial charge in [0, 0.05) is 6.07 Å². The lowest BCUT2D eigenvalue weighted by Gasteiger charge is -2.04. The van der Waals surface area contributed by atoms with Crippen molar-refractivity contribution in [3.63, 3.8) is 0 Å². The highest BCUT2D eigenvalue weighted by Crippen LogP contribution is 2.13. The molecule has 0 aliphatic rings. The molecule has 0 saturated heterocycles. The van der Waals surface area contributed by atoms with Crippen LogP contribution in [0.3, 0.4) is 0 Å². The molecule has 2 aromatic rings. The van der Waals surface area contributed by atoms with Crippen molar-refractivity contribution in [3.8, 4) is 11.4 Å². The Balaban J connectivity index is 2.59. The van der Waals surface area contributed by atoms with E-state index in [2.05, 4.69) is 5.10 Å². The Morgan fingerprint density at radius 3 is 2.44 bits per heavy atom. The summed E-state index contributed by atoms with van der Waals surface area (Å²) in [5.41, 5.74) is -0.196. The molecule has 0 radical (unpaired) electrons. The van der Waals surface area contributed by atoms with E-state index in [0.29, 0.717) is 5.69 Å². The zero-order valence-corrected chi connectivity index (χ0v) is 8.04. The first kappa shape index (κ1) is 10.0. The van der Waals surface area contributed by atoms with Crippen LogP contribution in [0.2, 0.25) is 0 Å². The van der Waals surface area contributed by atoms with Gasteiger partial charge in [-0.3, -0.25) is 9.89 Å². The minimum atomic E-state index is -1.20. The number of aromatic carboxylic acids is 1. The Labute approximate surface area is 89.4 Å². The first-order chi connectivity index (χ1) is 7.58. The van der Waals surface area contributed by atoms with Crippen LogP contribution in [0.5, 0.6) is 5.75 Å². The minimum absolute atomic E-state index is 0.0649. The second-order valence-corrected chi connectivity index (χ2v) is 3.16. The van der Waals surface area contributed by atoms with E-state index >= 15 is 0 Å². The van der Waals surface area contributed by atoms with E-state index in [1.165, 1.54) is 24.3 Å². The Kier molecular flexibility index (Phi) is 2.24. The summed E-state index contributed by atoms with van der Waals surface area (Å²) in [4.78, 5) is 21.9. The molecule has 6 nitrogen and oxygen atoms in total. The first-order valence-corrected chi connectivity index (χ1v) is 4.42. The second kappa shape index (κ2) is 3.58. The van der Waals surface area contributed by atoms with Crippen molar-refractivity contribution in [2.45, 2.75) is 0 Å². The predicted octanol–water partition coefficient (Wildman–Crippen LogP) is 0.569. The molecule has 0 amide bonds. The molecule has 6 heteroatoms. The lowest BCUT2D eigenvalue weighted by atomic mass is 10.3. The number of rotatable bonds is 2. The molecule has 0 spiro atoms. The quantitative estimate of drug-likeness (QED) is 0.689. The third kappa shape index (κ3) is 1.68. The van der Waals surface area contributed by atoms with Crippen molar-refractivity contribution in [2.75, 3.05) is 0 Å². The maximum Gasteiger partial charge on any atom is 0.354 e. The Morgan fingerprint density at radius 1 is 1.25 bits per heavy atom. The molecule has 0 unspecified atom stereocenters. The zero-order valence-electron chi connectivity index (χ0n) is 8.04. The number of H-pyrrole nitrogens is 1. The average molecular weight is 220 g/mol. The summed E-state index contributed by atoms with van der Waals surface area (Å²) in [7, 11) is 0. The Hall–Kier alpha value is -2.50. The lowest BCUT2D eigenvalue weighted by molar-refractivity contribution is 0.0687. The van der Waals surface area contributed by atoms with E-state index < -0.39 is 11.5 Å². The van der Waals surface area contributed by atoms with E-state index in [-0.39, 0.29) is 11.4 Å². The largest absolute Gasteiger partial charge is 0.508 e. The van der Waals surface area contributed by atoms with E-state index in [1.807, 2.05) is 0 Å². The summed E-state index contributed by atoms with van der Waals surface area (Å²) in [5, 5.41) is 20.3. The van der Waals surface area contributed by atoms with Gasteiger partial charge in [0.15, 0.2) is 5.69 Å². The van der Waals surface area contributed by atoms with Gasteiger partial charge >= 0.3 is 5.97 Å². The van der Waals surface area contributed by atoms with Gasteiger partial charge in [0.05, 0.1) is 5.69 Å². The van der Waals surface area contributed by atoms with Crippen molar-refractivity contribution in [2.24, 2.45) is 0 Å². The predicted molar refractivity (Wildman–Crippen MR) is 55.0 cm³/mol. The smallest absolute Gasteiger partial charge is 0.354 e. The van der Waals surface area contributed by atoms with E-state index in [9.17, 15) is 9.59 Å². The third-order valence-corrected chi connectivity index (χ3v) is 2.06. The topological polar surface area (TPSA) is 95.3 Å². The number of aromatic nitrogens is 2. The number of phenolic OH excluding ortho intramolecular Hbond substituents is 1. The number of carboxylic acids is 1. The number of hydrogen-bond donors (Lipinski definition) is 3. The molecule has 1 heterocycles. The molecule has 1 aromatic carbocycles. The van der Waals surface area contributed by atoms with Gasteiger partial charge in [0.1, 0.15) is 5.75 Å². The van der Waals surface area contributed by atoms with Crippen LogP contribution in [0, 0.1) is 0 Å². The molecule has 0 atom stereocenters. The van der Waals surface area contributed by atoms with Crippen LogP contribution in [0.15, 0.2) is 35.1 Å². The molecular weight excluding hydrogens is 212 g/mol. The van der Waals surface area contributed by atoms with Gasteiger partial charge in [0.2, 0.25) is 0 Å². The van der Waals surface area contributed by atoms with E-state index in [0.717, 1.165) is 10.7 Å². The van der Waals surface area contributed by atoms with Crippen molar-refractivity contribution in [1.82, 2.24) is 9.78 Å². The number of aromatic amines is 1. The number of benzene rings is 1. The molecule has 16 heavy (non-hydrogen) atoms. The molecule has 82 valence electrons. The van der Waals surface area contributed by atoms with Gasteiger partial charge in [-0.15, -0.1) is 0 Å². The van der Waals surface area contributed by atoms with Crippen molar-refractivity contribution >= 4 is 5.97 Å². The van der Waals surface area contributed by atoms with Gasteiger partial charge in [-0.1, -0.05) is 0 Å². The number of carbonyl (C=O) groups is 1. The van der Waals surface area contributed by atoms with Gasteiger partial charge in [-0.05, 0) is 24.3 Å². The van der Waals surface area contributed by atoms with Crippen molar-refractivity contribution < 1.29 is 15.0 Å². The summed E-state index contributed by atoms with van der Waals surface area (Å²) < 4.78 is 1.14. The van der Waals surface area contributed by atoms with Crippen LogP contribution < -0.4 is 5.56 Å². The van der Waals surface area contributed by atoms with Crippen LogP contribution in [0.25, 0.3) is 5.69 Å². The molecule has 3 N–H and O–H groups in total. The number of phenols is 1. The van der Waals surface area contributed by atoms with Gasteiger partial charge < -0.3 is 10.2 Å².